The van der Waals surface area contributed by atoms with Crippen molar-refractivity contribution in [3.63, 3.8) is 0 Å². The third-order valence-electron chi connectivity index (χ3n) is 4.31. The van der Waals surface area contributed by atoms with E-state index in [1.807, 2.05) is 13.8 Å². The predicted octanol–water partition coefficient (Wildman–Crippen LogP) is 2.29. The molecule has 1 saturated carbocycles. The van der Waals surface area contributed by atoms with Crippen LogP contribution in [0, 0.1) is 11.8 Å². The van der Waals surface area contributed by atoms with E-state index in [4.69, 9.17) is 4.74 Å². The van der Waals surface area contributed by atoms with Crippen LogP contribution in [0.5, 0.6) is 0 Å². The molecule has 1 aliphatic rings. The highest BCUT2D eigenvalue weighted by Crippen LogP contribution is 2.38. The standard InChI is InChI=1S/C16H32N2O2/c1-6-9-17-16(4,15(19)20-7-2)8-10-18(5)12-14-11-13(14)3/h13-14,17H,6-12H2,1-5H3. The lowest BCUT2D eigenvalue weighted by atomic mass is 9.97. The molecule has 1 fully saturated rings. The molecule has 1 N–H and O–H groups in total. The van der Waals surface area contributed by atoms with Crippen LogP contribution in [-0.4, -0.2) is 49.7 Å². The number of carbonyl (C=O) groups is 1. The molecule has 0 saturated heterocycles. The van der Waals surface area contributed by atoms with Crippen LogP contribution in [0.15, 0.2) is 0 Å². The average molecular weight is 284 g/mol. The van der Waals surface area contributed by atoms with Gasteiger partial charge in [-0.15, -0.1) is 0 Å². The molecule has 0 bridgehead atoms. The van der Waals surface area contributed by atoms with Crippen molar-refractivity contribution in [2.75, 3.05) is 33.3 Å². The summed E-state index contributed by atoms with van der Waals surface area (Å²) in [6, 6.07) is 0. The summed E-state index contributed by atoms with van der Waals surface area (Å²) in [6.07, 6.45) is 3.17. The summed E-state index contributed by atoms with van der Waals surface area (Å²) in [5.41, 5.74) is -0.560. The fourth-order valence-electron chi connectivity index (χ4n) is 2.51. The predicted molar refractivity (Wildman–Crippen MR) is 82.7 cm³/mol. The summed E-state index contributed by atoms with van der Waals surface area (Å²) < 4.78 is 5.23. The zero-order chi connectivity index (χ0) is 15.2. The van der Waals surface area contributed by atoms with Crippen LogP contribution in [-0.2, 0) is 9.53 Å². The highest BCUT2D eigenvalue weighted by molar-refractivity contribution is 5.80. The summed E-state index contributed by atoms with van der Waals surface area (Å²) in [5, 5.41) is 3.36. The smallest absolute Gasteiger partial charge is 0.326 e. The molecule has 0 aromatic carbocycles. The van der Waals surface area contributed by atoms with E-state index in [1.165, 1.54) is 6.42 Å². The van der Waals surface area contributed by atoms with E-state index < -0.39 is 5.54 Å². The molecular weight excluding hydrogens is 252 g/mol. The molecule has 0 aromatic rings. The van der Waals surface area contributed by atoms with E-state index in [0.29, 0.717) is 6.61 Å². The van der Waals surface area contributed by atoms with Gasteiger partial charge in [-0.05, 0) is 58.5 Å². The molecule has 0 amide bonds. The number of nitrogens with zero attached hydrogens (tertiary/aromatic N) is 1. The van der Waals surface area contributed by atoms with Gasteiger partial charge in [-0.2, -0.15) is 0 Å². The van der Waals surface area contributed by atoms with E-state index >= 15 is 0 Å². The third-order valence-corrected chi connectivity index (χ3v) is 4.31. The van der Waals surface area contributed by atoms with Crippen LogP contribution < -0.4 is 5.32 Å². The van der Waals surface area contributed by atoms with Crippen molar-refractivity contribution in [1.29, 1.82) is 0 Å². The molecule has 0 aliphatic heterocycles. The Kier molecular flexibility index (Phi) is 6.96. The lowest BCUT2D eigenvalue weighted by molar-refractivity contribution is -0.151. The first-order valence-corrected chi connectivity index (χ1v) is 8.03. The lowest BCUT2D eigenvalue weighted by Gasteiger charge is -2.30. The molecule has 0 aromatic heterocycles. The van der Waals surface area contributed by atoms with E-state index in [9.17, 15) is 4.79 Å². The highest BCUT2D eigenvalue weighted by Gasteiger charge is 2.36. The number of hydrogen-bond acceptors (Lipinski definition) is 4. The lowest BCUT2D eigenvalue weighted by Crippen LogP contribution is -2.52. The summed E-state index contributed by atoms with van der Waals surface area (Å²) in [6.45, 7) is 11.6. The van der Waals surface area contributed by atoms with Crippen molar-refractivity contribution in [3.05, 3.63) is 0 Å². The Morgan fingerprint density at radius 2 is 2.10 bits per heavy atom. The van der Waals surface area contributed by atoms with Crippen molar-refractivity contribution in [2.24, 2.45) is 11.8 Å². The molecule has 4 nitrogen and oxygen atoms in total. The molecule has 1 rings (SSSR count). The fraction of sp³-hybridized carbons (Fsp3) is 0.938. The molecule has 0 spiro atoms. The van der Waals surface area contributed by atoms with E-state index in [-0.39, 0.29) is 5.97 Å². The zero-order valence-electron chi connectivity index (χ0n) is 13.9. The van der Waals surface area contributed by atoms with Gasteiger partial charge in [0.1, 0.15) is 5.54 Å². The molecule has 3 atom stereocenters. The summed E-state index contributed by atoms with van der Waals surface area (Å²) in [4.78, 5) is 14.5. The highest BCUT2D eigenvalue weighted by atomic mass is 16.5. The minimum absolute atomic E-state index is 0.123. The molecule has 118 valence electrons. The third kappa shape index (κ3) is 5.41. The molecular formula is C16H32N2O2. The summed E-state index contributed by atoms with van der Waals surface area (Å²) in [5.74, 6) is 1.62. The minimum atomic E-state index is -0.560. The molecule has 0 heterocycles. The Hall–Kier alpha value is -0.610. The monoisotopic (exact) mass is 284 g/mol. The van der Waals surface area contributed by atoms with Crippen molar-refractivity contribution in [1.82, 2.24) is 10.2 Å². The fourth-order valence-corrected chi connectivity index (χ4v) is 2.51. The zero-order valence-corrected chi connectivity index (χ0v) is 13.9. The second kappa shape index (κ2) is 7.99. The van der Waals surface area contributed by atoms with Crippen LogP contribution in [0.3, 0.4) is 0 Å². The van der Waals surface area contributed by atoms with Crippen LogP contribution >= 0.6 is 0 Å². The number of nitrogens with one attached hydrogen (secondary N) is 1. The van der Waals surface area contributed by atoms with Crippen molar-refractivity contribution < 1.29 is 9.53 Å². The molecule has 0 radical (unpaired) electrons. The second-order valence-electron chi connectivity index (χ2n) is 6.46. The van der Waals surface area contributed by atoms with Gasteiger partial charge in [0.2, 0.25) is 0 Å². The first-order chi connectivity index (χ1) is 9.42. The summed E-state index contributed by atoms with van der Waals surface area (Å²) in [7, 11) is 2.15. The van der Waals surface area contributed by atoms with Gasteiger partial charge >= 0.3 is 5.97 Å². The Balaban J connectivity index is 2.43. The van der Waals surface area contributed by atoms with Crippen LogP contribution in [0.4, 0.5) is 0 Å². The topological polar surface area (TPSA) is 41.6 Å². The minimum Gasteiger partial charge on any atom is -0.465 e. The largest absolute Gasteiger partial charge is 0.465 e. The first kappa shape index (κ1) is 17.4. The van der Waals surface area contributed by atoms with Gasteiger partial charge in [0.15, 0.2) is 0 Å². The Morgan fingerprint density at radius 1 is 1.45 bits per heavy atom. The van der Waals surface area contributed by atoms with Crippen LogP contribution in [0.25, 0.3) is 0 Å². The van der Waals surface area contributed by atoms with Crippen LogP contribution in [0.1, 0.15) is 47.0 Å². The normalized spacial score (nSPS) is 24.5. The van der Waals surface area contributed by atoms with E-state index in [0.717, 1.165) is 44.3 Å². The van der Waals surface area contributed by atoms with Gasteiger partial charge < -0.3 is 15.0 Å². The van der Waals surface area contributed by atoms with Gasteiger partial charge in [0.05, 0.1) is 6.61 Å². The van der Waals surface area contributed by atoms with Crippen molar-refractivity contribution in [2.45, 2.75) is 52.5 Å². The maximum Gasteiger partial charge on any atom is 0.326 e. The summed E-state index contributed by atoms with van der Waals surface area (Å²) >= 11 is 0. The number of carbonyl (C=O) groups excluding carboxylic acids is 1. The average Bonchev–Trinajstić information content (AvgIpc) is 3.09. The van der Waals surface area contributed by atoms with Gasteiger partial charge in [0, 0.05) is 13.1 Å². The van der Waals surface area contributed by atoms with Gasteiger partial charge in [0.25, 0.3) is 0 Å². The number of ether oxygens (including phenoxy) is 1. The van der Waals surface area contributed by atoms with Gasteiger partial charge in [-0.3, -0.25) is 4.79 Å². The molecule has 3 unspecified atom stereocenters. The Labute approximate surface area is 124 Å². The Morgan fingerprint density at radius 3 is 2.60 bits per heavy atom. The van der Waals surface area contributed by atoms with E-state index in [1.54, 1.807) is 0 Å². The number of rotatable bonds is 10. The van der Waals surface area contributed by atoms with Gasteiger partial charge in [-0.1, -0.05) is 13.8 Å². The van der Waals surface area contributed by atoms with Crippen molar-refractivity contribution >= 4 is 5.97 Å². The quantitative estimate of drug-likeness (QED) is 0.625. The van der Waals surface area contributed by atoms with Crippen molar-refractivity contribution in [3.8, 4) is 0 Å². The van der Waals surface area contributed by atoms with E-state index in [2.05, 4.69) is 31.1 Å². The molecule has 4 heteroatoms. The maximum absolute atomic E-state index is 12.2. The maximum atomic E-state index is 12.2. The van der Waals surface area contributed by atoms with Crippen LogP contribution in [0.2, 0.25) is 0 Å². The van der Waals surface area contributed by atoms with Gasteiger partial charge in [-0.25, -0.2) is 0 Å². The number of hydrogen-bond donors (Lipinski definition) is 1. The molecule has 1 aliphatic carbocycles. The first-order valence-electron chi connectivity index (χ1n) is 8.03. The SMILES string of the molecule is CCCNC(C)(CCN(C)CC1CC1C)C(=O)OCC. The molecule has 20 heavy (non-hydrogen) atoms. The number of esters is 1. The Bertz CT molecular complexity index is 309. The second-order valence-corrected chi connectivity index (χ2v) is 6.46.